The van der Waals surface area contributed by atoms with E-state index in [1.54, 1.807) is 11.9 Å². The number of likely N-dealkylation sites (N-methyl/N-ethyl adjacent to an activating group) is 1. The van der Waals surface area contributed by atoms with E-state index in [-0.39, 0.29) is 23.8 Å². The SMILES string of the molecule is CC[C@@]1(O)CC[C@@]2(Cc3ccccc3)c3ccc(C(=O)N=C4NC(=O)CN4C)cc3CCC[C@H]2C1. The second-order valence-electron chi connectivity index (χ2n) is 10.7. The maximum atomic E-state index is 13.0. The van der Waals surface area contributed by atoms with Crippen LogP contribution >= 0.6 is 0 Å². The van der Waals surface area contributed by atoms with E-state index in [2.05, 4.69) is 53.6 Å². The van der Waals surface area contributed by atoms with Crippen LogP contribution in [0, 0.1) is 5.92 Å². The molecular formula is C29H35N3O3. The molecule has 1 saturated heterocycles. The number of nitrogens with zero attached hydrogens (tertiary/aromatic N) is 2. The highest BCUT2D eigenvalue weighted by Crippen LogP contribution is 2.54. The number of fused-ring (bicyclic) bond motifs is 3. The third-order valence-corrected chi connectivity index (χ3v) is 8.55. The Morgan fingerprint density at radius 2 is 2.00 bits per heavy atom. The molecule has 1 saturated carbocycles. The molecule has 3 aliphatic rings. The smallest absolute Gasteiger partial charge is 0.280 e. The first-order valence-corrected chi connectivity index (χ1v) is 12.9. The fraction of sp³-hybridized carbons (Fsp3) is 0.483. The van der Waals surface area contributed by atoms with Gasteiger partial charge in [-0.15, -0.1) is 0 Å². The molecule has 2 aromatic carbocycles. The molecule has 2 fully saturated rings. The molecule has 0 spiro atoms. The lowest BCUT2D eigenvalue weighted by Crippen LogP contribution is -2.48. The molecule has 6 nitrogen and oxygen atoms in total. The van der Waals surface area contributed by atoms with Gasteiger partial charge in [-0.2, -0.15) is 4.99 Å². The minimum atomic E-state index is -0.584. The number of aryl methyl sites for hydroxylation is 1. The number of nitrogens with one attached hydrogen (secondary N) is 1. The number of carbonyl (C=O) groups is 2. The largest absolute Gasteiger partial charge is 0.390 e. The second-order valence-corrected chi connectivity index (χ2v) is 10.7. The van der Waals surface area contributed by atoms with Gasteiger partial charge < -0.3 is 10.0 Å². The zero-order chi connectivity index (χ0) is 24.6. The molecule has 6 heteroatoms. The van der Waals surface area contributed by atoms with E-state index < -0.39 is 5.60 Å². The lowest BCUT2D eigenvalue weighted by atomic mass is 9.55. The maximum Gasteiger partial charge on any atom is 0.280 e. The van der Waals surface area contributed by atoms with E-state index in [1.807, 2.05) is 12.1 Å². The van der Waals surface area contributed by atoms with E-state index >= 15 is 0 Å². The highest BCUT2D eigenvalue weighted by molar-refractivity contribution is 6.10. The van der Waals surface area contributed by atoms with Gasteiger partial charge >= 0.3 is 0 Å². The number of aliphatic hydroxyl groups is 1. The first kappa shape index (κ1) is 23.7. The summed E-state index contributed by atoms with van der Waals surface area (Å²) in [5.41, 5.74) is 3.79. The molecular weight excluding hydrogens is 438 g/mol. The van der Waals surface area contributed by atoms with Crippen molar-refractivity contribution in [3.05, 3.63) is 70.8 Å². The second kappa shape index (κ2) is 9.23. The molecule has 3 atom stereocenters. The topological polar surface area (TPSA) is 82.0 Å². The Hall–Kier alpha value is -2.99. The first-order chi connectivity index (χ1) is 16.8. The molecule has 2 N–H and O–H groups in total. The number of aliphatic imine (C=N–C) groups is 1. The average molecular weight is 474 g/mol. The van der Waals surface area contributed by atoms with Crippen molar-refractivity contribution in [1.82, 2.24) is 10.2 Å². The Morgan fingerprint density at radius 3 is 2.71 bits per heavy atom. The molecule has 5 rings (SSSR count). The molecule has 0 radical (unpaired) electrons. The van der Waals surface area contributed by atoms with Gasteiger partial charge in [0, 0.05) is 18.0 Å². The highest BCUT2D eigenvalue weighted by atomic mass is 16.3. The minimum absolute atomic E-state index is 0.0539. The Kier molecular flexibility index (Phi) is 6.26. The third kappa shape index (κ3) is 4.52. The Labute approximate surface area is 207 Å². The lowest BCUT2D eigenvalue weighted by Gasteiger charge is -2.50. The van der Waals surface area contributed by atoms with E-state index in [4.69, 9.17) is 0 Å². The van der Waals surface area contributed by atoms with Crippen molar-refractivity contribution in [2.75, 3.05) is 13.6 Å². The molecule has 0 unspecified atom stereocenters. The first-order valence-electron chi connectivity index (χ1n) is 12.9. The van der Waals surface area contributed by atoms with Gasteiger partial charge in [-0.25, -0.2) is 0 Å². The third-order valence-electron chi connectivity index (χ3n) is 8.55. The number of carbonyl (C=O) groups excluding carboxylic acids is 2. The molecule has 0 aromatic heterocycles. The van der Waals surface area contributed by atoms with Crippen LogP contribution in [0.15, 0.2) is 53.5 Å². The Balaban J connectivity index is 1.53. The van der Waals surface area contributed by atoms with Gasteiger partial charge in [0.25, 0.3) is 5.91 Å². The van der Waals surface area contributed by atoms with Crippen LogP contribution in [0.25, 0.3) is 0 Å². The van der Waals surface area contributed by atoms with Crippen molar-refractivity contribution in [2.24, 2.45) is 10.9 Å². The van der Waals surface area contributed by atoms with Gasteiger partial charge in [0.05, 0.1) is 12.1 Å². The van der Waals surface area contributed by atoms with Gasteiger partial charge in [-0.1, -0.05) is 43.3 Å². The predicted molar refractivity (Wildman–Crippen MR) is 136 cm³/mol. The van der Waals surface area contributed by atoms with Gasteiger partial charge in [0.15, 0.2) is 0 Å². The number of guanidine groups is 1. The van der Waals surface area contributed by atoms with Crippen molar-refractivity contribution in [3.63, 3.8) is 0 Å². The van der Waals surface area contributed by atoms with Gasteiger partial charge in [0.2, 0.25) is 11.9 Å². The monoisotopic (exact) mass is 473 g/mol. The molecule has 1 heterocycles. The number of hydrogen-bond acceptors (Lipinski definition) is 3. The van der Waals surface area contributed by atoms with Crippen molar-refractivity contribution in [1.29, 1.82) is 0 Å². The van der Waals surface area contributed by atoms with Crippen LogP contribution in [0.5, 0.6) is 0 Å². The van der Waals surface area contributed by atoms with Crippen molar-refractivity contribution in [2.45, 2.75) is 69.3 Å². The molecule has 35 heavy (non-hydrogen) atoms. The van der Waals surface area contributed by atoms with Crippen molar-refractivity contribution < 1.29 is 14.7 Å². The number of amides is 2. The zero-order valence-corrected chi connectivity index (χ0v) is 20.7. The highest BCUT2D eigenvalue weighted by Gasteiger charge is 2.50. The van der Waals surface area contributed by atoms with Crippen molar-refractivity contribution >= 4 is 17.8 Å². The van der Waals surface area contributed by atoms with Crippen LogP contribution in [-0.4, -0.2) is 47.0 Å². The lowest BCUT2D eigenvalue weighted by molar-refractivity contribution is -0.118. The zero-order valence-electron chi connectivity index (χ0n) is 20.7. The van der Waals surface area contributed by atoms with Gasteiger partial charge in [-0.05, 0) is 86.1 Å². The summed E-state index contributed by atoms with van der Waals surface area (Å²) >= 11 is 0. The number of rotatable bonds is 4. The molecule has 184 valence electrons. The summed E-state index contributed by atoms with van der Waals surface area (Å²) in [6, 6.07) is 16.7. The van der Waals surface area contributed by atoms with E-state index in [0.717, 1.165) is 51.4 Å². The Morgan fingerprint density at radius 1 is 1.20 bits per heavy atom. The van der Waals surface area contributed by atoms with Crippen LogP contribution in [-0.2, 0) is 23.1 Å². The van der Waals surface area contributed by atoms with E-state index in [0.29, 0.717) is 17.4 Å². The summed E-state index contributed by atoms with van der Waals surface area (Å²) in [6.07, 6.45) is 7.33. The molecule has 1 aliphatic heterocycles. The standard InChI is InChI=1S/C29H35N3O3/c1-3-28(35)14-15-29(17-20-8-5-4-6-9-20)23(18-28)11-7-10-21-16-22(12-13-24(21)29)26(34)31-27-30-25(33)19-32(27)2/h4-6,8-9,12-13,16,23,35H,3,7,10-11,14-15,17-19H2,1-2H3,(H,30,31,33,34)/t23-,28+,29-/m0/s1. The van der Waals surface area contributed by atoms with Crippen LogP contribution < -0.4 is 5.32 Å². The summed E-state index contributed by atoms with van der Waals surface area (Å²) in [6.45, 7) is 2.31. The summed E-state index contributed by atoms with van der Waals surface area (Å²) in [4.78, 5) is 30.5. The molecule has 0 bridgehead atoms. The van der Waals surface area contributed by atoms with E-state index in [1.165, 1.54) is 16.7 Å². The fourth-order valence-corrected chi connectivity index (χ4v) is 6.54. The van der Waals surface area contributed by atoms with Gasteiger partial charge in [-0.3, -0.25) is 14.9 Å². The Bertz CT molecular complexity index is 1160. The molecule has 2 aromatic rings. The van der Waals surface area contributed by atoms with Crippen LogP contribution in [0.4, 0.5) is 0 Å². The summed E-state index contributed by atoms with van der Waals surface area (Å²) < 4.78 is 0. The normalized spacial score (nSPS) is 29.3. The minimum Gasteiger partial charge on any atom is -0.390 e. The number of benzene rings is 2. The summed E-state index contributed by atoms with van der Waals surface area (Å²) in [7, 11) is 1.75. The van der Waals surface area contributed by atoms with Crippen molar-refractivity contribution in [3.8, 4) is 0 Å². The molecule has 2 amide bonds. The van der Waals surface area contributed by atoms with Gasteiger partial charge in [0.1, 0.15) is 0 Å². The van der Waals surface area contributed by atoms with E-state index in [9.17, 15) is 14.7 Å². The summed E-state index contributed by atoms with van der Waals surface area (Å²) in [5, 5.41) is 13.9. The van der Waals surface area contributed by atoms with Crippen LogP contribution in [0.2, 0.25) is 0 Å². The average Bonchev–Trinajstić information content (AvgIpc) is 3.08. The quantitative estimate of drug-likeness (QED) is 0.703. The van der Waals surface area contributed by atoms with Crippen LogP contribution in [0.3, 0.4) is 0 Å². The number of hydrogen-bond donors (Lipinski definition) is 2. The fourth-order valence-electron chi connectivity index (χ4n) is 6.54. The predicted octanol–water partition coefficient (Wildman–Crippen LogP) is 4.00. The van der Waals surface area contributed by atoms with Crippen LogP contribution in [0.1, 0.15) is 72.5 Å². The summed E-state index contributed by atoms with van der Waals surface area (Å²) in [5.74, 6) is 0.214. The molecule has 2 aliphatic carbocycles. The maximum absolute atomic E-state index is 13.0.